The van der Waals surface area contributed by atoms with Gasteiger partial charge < -0.3 is 29.6 Å². The average molecular weight is 363 g/mol. The van der Waals surface area contributed by atoms with Crippen LogP contribution in [-0.2, 0) is 23.7 Å². The van der Waals surface area contributed by atoms with Crippen LogP contribution in [-0.4, -0.2) is 77.4 Å². The van der Waals surface area contributed by atoms with E-state index >= 15 is 0 Å². The first-order chi connectivity index (χ1) is 12.0. The van der Waals surface area contributed by atoms with Gasteiger partial charge in [-0.2, -0.15) is 0 Å². The highest BCUT2D eigenvalue weighted by Crippen LogP contribution is 1.88. The lowest BCUT2D eigenvalue weighted by Gasteiger charge is -2.09. The molecule has 0 atom stereocenters. The summed E-state index contributed by atoms with van der Waals surface area (Å²) in [6.45, 7) is 13.1. The summed E-state index contributed by atoms with van der Waals surface area (Å²) < 4.78 is 21.3. The highest BCUT2D eigenvalue weighted by Gasteiger charge is 2.01. The standard InChI is InChI=1S/C18H38N2O5/c1-16(2)19-7-5-6-8-20-18(21)15-24-12-11-22-9-10-23-13-14-25-17(3)4/h16-17,19H,5-15H2,1-4H3,(H,20,21). The van der Waals surface area contributed by atoms with E-state index in [9.17, 15) is 4.79 Å². The van der Waals surface area contributed by atoms with Gasteiger partial charge >= 0.3 is 0 Å². The zero-order valence-electron chi connectivity index (χ0n) is 16.5. The van der Waals surface area contributed by atoms with Crippen LogP contribution in [0.5, 0.6) is 0 Å². The van der Waals surface area contributed by atoms with E-state index in [2.05, 4.69) is 24.5 Å². The second-order valence-corrected chi connectivity index (χ2v) is 6.36. The van der Waals surface area contributed by atoms with Crippen molar-refractivity contribution in [1.82, 2.24) is 10.6 Å². The van der Waals surface area contributed by atoms with Gasteiger partial charge in [0.1, 0.15) is 6.61 Å². The maximum atomic E-state index is 11.5. The molecule has 0 bridgehead atoms. The molecule has 0 saturated carbocycles. The Hall–Kier alpha value is -0.730. The number of hydrogen-bond acceptors (Lipinski definition) is 6. The van der Waals surface area contributed by atoms with E-state index in [1.165, 1.54) is 0 Å². The Bertz CT molecular complexity index is 301. The largest absolute Gasteiger partial charge is 0.377 e. The number of rotatable bonds is 18. The van der Waals surface area contributed by atoms with Gasteiger partial charge in [0.25, 0.3) is 0 Å². The number of amides is 1. The van der Waals surface area contributed by atoms with Crippen LogP contribution in [0, 0.1) is 0 Å². The molecular weight excluding hydrogens is 324 g/mol. The molecule has 0 unspecified atom stereocenters. The Balaban J connectivity index is 3.17. The summed E-state index contributed by atoms with van der Waals surface area (Å²) in [5, 5.41) is 6.19. The van der Waals surface area contributed by atoms with Gasteiger partial charge in [0, 0.05) is 12.6 Å². The van der Waals surface area contributed by atoms with Crippen molar-refractivity contribution in [2.45, 2.75) is 52.7 Å². The van der Waals surface area contributed by atoms with Gasteiger partial charge in [0.05, 0.1) is 45.7 Å². The first kappa shape index (κ1) is 24.3. The van der Waals surface area contributed by atoms with Gasteiger partial charge in [-0.05, 0) is 33.2 Å². The number of nitrogens with one attached hydrogen (secondary N) is 2. The van der Waals surface area contributed by atoms with Gasteiger partial charge in [0.15, 0.2) is 0 Å². The van der Waals surface area contributed by atoms with Gasteiger partial charge in [-0.15, -0.1) is 0 Å². The number of ether oxygens (including phenoxy) is 4. The van der Waals surface area contributed by atoms with E-state index in [0.717, 1.165) is 19.4 Å². The Labute approximate surface area is 153 Å². The van der Waals surface area contributed by atoms with E-state index in [-0.39, 0.29) is 18.6 Å². The van der Waals surface area contributed by atoms with Gasteiger partial charge in [-0.3, -0.25) is 4.79 Å². The summed E-state index contributed by atoms with van der Waals surface area (Å²) in [5.41, 5.74) is 0. The highest BCUT2D eigenvalue weighted by molar-refractivity contribution is 5.77. The minimum Gasteiger partial charge on any atom is -0.377 e. The van der Waals surface area contributed by atoms with Crippen molar-refractivity contribution in [3.05, 3.63) is 0 Å². The molecule has 0 rings (SSSR count). The van der Waals surface area contributed by atoms with E-state index in [4.69, 9.17) is 18.9 Å². The Kier molecular flexibility index (Phi) is 17.5. The number of hydrogen-bond donors (Lipinski definition) is 2. The van der Waals surface area contributed by atoms with Crippen LogP contribution in [0.2, 0.25) is 0 Å². The van der Waals surface area contributed by atoms with Crippen LogP contribution in [0.15, 0.2) is 0 Å². The first-order valence-electron chi connectivity index (χ1n) is 9.37. The van der Waals surface area contributed by atoms with Crippen molar-refractivity contribution < 1.29 is 23.7 Å². The van der Waals surface area contributed by atoms with Crippen molar-refractivity contribution in [1.29, 1.82) is 0 Å². The first-order valence-corrected chi connectivity index (χ1v) is 9.37. The molecular formula is C18H38N2O5. The molecule has 0 heterocycles. The third-order valence-corrected chi connectivity index (χ3v) is 3.13. The molecule has 1 amide bonds. The zero-order chi connectivity index (χ0) is 18.8. The lowest BCUT2D eigenvalue weighted by molar-refractivity contribution is -0.126. The molecule has 7 nitrogen and oxygen atoms in total. The smallest absolute Gasteiger partial charge is 0.245 e. The molecule has 7 heteroatoms. The summed E-state index contributed by atoms with van der Waals surface area (Å²) in [4.78, 5) is 11.5. The van der Waals surface area contributed by atoms with Gasteiger partial charge in [-0.1, -0.05) is 13.8 Å². The van der Waals surface area contributed by atoms with Crippen LogP contribution in [0.3, 0.4) is 0 Å². The van der Waals surface area contributed by atoms with Crippen LogP contribution < -0.4 is 10.6 Å². The summed E-state index contributed by atoms with van der Waals surface area (Å²) in [5.74, 6) is -0.0784. The summed E-state index contributed by atoms with van der Waals surface area (Å²) in [7, 11) is 0. The van der Waals surface area contributed by atoms with E-state index in [0.29, 0.717) is 52.2 Å². The second kappa shape index (κ2) is 18.1. The molecule has 150 valence electrons. The van der Waals surface area contributed by atoms with Crippen LogP contribution in [0.4, 0.5) is 0 Å². The molecule has 0 aliphatic heterocycles. The molecule has 0 aromatic heterocycles. The molecule has 0 spiro atoms. The third-order valence-electron chi connectivity index (χ3n) is 3.13. The maximum absolute atomic E-state index is 11.5. The average Bonchev–Trinajstić information content (AvgIpc) is 2.55. The fraction of sp³-hybridized carbons (Fsp3) is 0.944. The van der Waals surface area contributed by atoms with E-state index in [1.807, 2.05) is 13.8 Å². The minimum atomic E-state index is -0.0784. The summed E-state index contributed by atoms with van der Waals surface area (Å²) in [6.07, 6.45) is 2.26. The molecule has 0 fully saturated rings. The molecule has 0 aliphatic carbocycles. The van der Waals surface area contributed by atoms with Crippen molar-refractivity contribution in [3.63, 3.8) is 0 Å². The highest BCUT2D eigenvalue weighted by atomic mass is 16.6. The van der Waals surface area contributed by atoms with Crippen molar-refractivity contribution in [2.24, 2.45) is 0 Å². The quantitative estimate of drug-likeness (QED) is 0.359. The molecule has 0 aromatic rings. The lowest BCUT2D eigenvalue weighted by Crippen LogP contribution is -2.30. The number of carbonyl (C=O) groups excluding carboxylic acids is 1. The van der Waals surface area contributed by atoms with Crippen molar-refractivity contribution in [3.8, 4) is 0 Å². The molecule has 0 radical (unpaired) electrons. The molecule has 0 aliphatic rings. The Morgan fingerprint density at radius 3 is 1.96 bits per heavy atom. The number of carbonyl (C=O) groups is 1. The maximum Gasteiger partial charge on any atom is 0.245 e. The minimum absolute atomic E-state index is 0.0784. The monoisotopic (exact) mass is 362 g/mol. The van der Waals surface area contributed by atoms with E-state index < -0.39 is 0 Å². The van der Waals surface area contributed by atoms with Gasteiger partial charge in [-0.25, -0.2) is 0 Å². The molecule has 0 saturated heterocycles. The fourth-order valence-electron chi connectivity index (χ4n) is 1.87. The van der Waals surface area contributed by atoms with E-state index in [1.54, 1.807) is 0 Å². The van der Waals surface area contributed by atoms with Crippen LogP contribution in [0.25, 0.3) is 0 Å². The van der Waals surface area contributed by atoms with Crippen LogP contribution >= 0.6 is 0 Å². The third kappa shape index (κ3) is 21.2. The SMILES string of the molecule is CC(C)NCCCCNC(=O)COCCOCCOCCOC(C)C. The Morgan fingerprint density at radius 2 is 1.36 bits per heavy atom. The molecule has 2 N–H and O–H groups in total. The Morgan fingerprint density at radius 1 is 0.800 bits per heavy atom. The lowest BCUT2D eigenvalue weighted by atomic mass is 10.3. The topological polar surface area (TPSA) is 78.1 Å². The second-order valence-electron chi connectivity index (χ2n) is 6.36. The predicted octanol–water partition coefficient (Wildman–Crippen LogP) is 1.36. The van der Waals surface area contributed by atoms with Crippen molar-refractivity contribution >= 4 is 5.91 Å². The predicted molar refractivity (Wildman–Crippen MR) is 98.9 cm³/mol. The van der Waals surface area contributed by atoms with Crippen LogP contribution in [0.1, 0.15) is 40.5 Å². The normalized spacial score (nSPS) is 11.4. The number of unbranched alkanes of at least 4 members (excludes halogenated alkanes) is 1. The fourth-order valence-corrected chi connectivity index (χ4v) is 1.87. The molecule has 25 heavy (non-hydrogen) atoms. The summed E-state index contributed by atoms with van der Waals surface area (Å²) in [6, 6.07) is 0.510. The van der Waals surface area contributed by atoms with Crippen molar-refractivity contribution in [2.75, 3.05) is 59.3 Å². The van der Waals surface area contributed by atoms with Gasteiger partial charge in [0.2, 0.25) is 5.91 Å². The summed E-state index contributed by atoms with van der Waals surface area (Å²) >= 11 is 0. The zero-order valence-corrected chi connectivity index (χ0v) is 16.5. The molecule has 0 aromatic carbocycles.